The van der Waals surface area contributed by atoms with Crippen LogP contribution in [0.2, 0.25) is 0 Å². The van der Waals surface area contributed by atoms with Crippen molar-refractivity contribution in [3.05, 3.63) is 35.8 Å². The molecule has 0 saturated carbocycles. The Labute approximate surface area is 146 Å². The van der Waals surface area contributed by atoms with Gasteiger partial charge in [-0.25, -0.2) is 24.3 Å². The summed E-state index contributed by atoms with van der Waals surface area (Å²) in [4.78, 5) is 20.4. The Morgan fingerprint density at radius 1 is 1.32 bits per heavy atom. The molecule has 0 amide bonds. The smallest absolute Gasteiger partial charge is 0.226 e. The van der Waals surface area contributed by atoms with E-state index in [2.05, 4.69) is 24.8 Å². The van der Waals surface area contributed by atoms with Crippen LogP contribution >= 0.6 is 0 Å². The van der Waals surface area contributed by atoms with E-state index in [-0.39, 0.29) is 5.82 Å². The monoisotopic (exact) mass is 341 g/mol. The summed E-state index contributed by atoms with van der Waals surface area (Å²) in [5.74, 6) is 1.03. The van der Waals surface area contributed by atoms with Crippen molar-refractivity contribution in [3.63, 3.8) is 0 Å². The molecule has 2 aromatic rings. The Kier molecular flexibility index (Phi) is 5.03. The molecular formula is C17H20FN7. The van der Waals surface area contributed by atoms with E-state index in [1.807, 2.05) is 18.0 Å². The molecule has 0 aliphatic carbocycles. The van der Waals surface area contributed by atoms with Crippen LogP contribution in [0, 0.1) is 30.0 Å². The first-order valence-electron chi connectivity index (χ1n) is 8.25. The van der Waals surface area contributed by atoms with Crippen LogP contribution in [0.3, 0.4) is 0 Å². The second-order valence-corrected chi connectivity index (χ2v) is 6.26. The lowest BCUT2D eigenvalue weighted by atomic mass is 9.96. The van der Waals surface area contributed by atoms with E-state index >= 15 is 0 Å². The number of hydrogen-bond acceptors (Lipinski definition) is 7. The van der Waals surface area contributed by atoms with Gasteiger partial charge in [0, 0.05) is 32.9 Å². The lowest BCUT2D eigenvalue weighted by molar-refractivity contribution is 0.403. The number of aryl methyl sites for hydroxylation is 1. The molecule has 25 heavy (non-hydrogen) atoms. The van der Waals surface area contributed by atoms with Gasteiger partial charge in [-0.2, -0.15) is 5.26 Å². The summed E-state index contributed by atoms with van der Waals surface area (Å²) in [6, 6.07) is 3.64. The topological polar surface area (TPSA) is 81.8 Å². The van der Waals surface area contributed by atoms with E-state index < -0.39 is 0 Å². The molecule has 1 fully saturated rings. The maximum atomic E-state index is 14.1. The summed E-state index contributed by atoms with van der Waals surface area (Å²) >= 11 is 0. The number of anilines is 2. The van der Waals surface area contributed by atoms with Crippen LogP contribution in [-0.2, 0) is 0 Å². The Hall–Kier alpha value is -2.82. The summed E-state index contributed by atoms with van der Waals surface area (Å²) in [6.07, 6.45) is 4.92. The van der Waals surface area contributed by atoms with Gasteiger partial charge in [-0.1, -0.05) is 0 Å². The zero-order valence-corrected chi connectivity index (χ0v) is 14.4. The molecule has 7 nitrogen and oxygen atoms in total. The molecule has 1 saturated heterocycles. The van der Waals surface area contributed by atoms with Crippen LogP contribution in [0.15, 0.2) is 18.6 Å². The highest BCUT2D eigenvalue weighted by Gasteiger charge is 2.23. The van der Waals surface area contributed by atoms with Crippen LogP contribution in [0.25, 0.3) is 0 Å². The van der Waals surface area contributed by atoms with Gasteiger partial charge in [-0.15, -0.1) is 0 Å². The molecule has 0 aromatic carbocycles. The molecule has 8 heteroatoms. The zero-order valence-electron chi connectivity index (χ0n) is 14.4. The van der Waals surface area contributed by atoms with Crippen LogP contribution < -0.4 is 9.80 Å². The fraction of sp³-hybridized carbons (Fsp3) is 0.471. The highest BCUT2D eigenvalue weighted by molar-refractivity contribution is 5.40. The van der Waals surface area contributed by atoms with Crippen molar-refractivity contribution in [2.45, 2.75) is 19.8 Å². The number of piperidine rings is 1. The predicted molar refractivity (Wildman–Crippen MR) is 91.7 cm³/mol. The molecule has 0 spiro atoms. The third-order valence-corrected chi connectivity index (χ3v) is 4.49. The Balaban J connectivity index is 1.59. The molecule has 0 atom stereocenters. The molecule has 0 bridgehead atoms. The van der Waals surface area contributed by atoms with E-state index in [0.29, 0.717) is 29.1 Å². The van der Waals surface area contributed by atoms with Crippen LogP contribution in [-0.4, -0.2) is 46.6 Å². The minimum Gasteiger partial charge on any atom is -0.357 e. The number of aromatic nitrogens is 4. The van der Waals surface area contributed by atoms with Gasteiger partial charge >= 0.3 is 0 Å². The van der Waals surface area contributed by atoms with Gasteiger partial charge < -0.3 is 9.80 Å². The number of nitriles is 1. The minimum atomic E-state index is -0.357. The summed E-state index contributed by atoms with van der Waals surface area (Å²) in [5, 5.41) is 8.95. The zero-order chi connectivity index (χ0) is 17.8. The molecule has 130 valence electrons. The summed E-state index contributed by atoms with van der Waals surface area (Å²) in [6.45, 7) is 4.01. The minimum absolute atomic E-state index is 0.347. The van der Waals surface area contributed by atoms with Gasteiger partial charge in [-0.05, 0) is 31.7 Å². The molecule has 1 aliphatic rings. The molecule has 0 N–H and O–H groups in total. The lowest BCUT2D eigenvalue weighted by Crippen LogP contribution is -2.39. The van der Waals surface area contributed by atoms with Crippen LogP contribution in [0.4, 0.5) is 16.2 Å². The predicted octanol–water partition coefficient (Wildman–Crippen LogP) is 1.94. The first-order valence-corrected chi connectivity index (χ1v) is 8.25. The molecule has 0 radical (unpaired) electrons. The van der Waals surface area contributed by atoms with Gasteiger partial charge in [0.25, 0.3) is 0 Å². The highest BCUT2D eigenvalue weighted by atomic mass is 19.1. The molecule has 3 heterocycles. The Morgan fingerprint density at radius 2 is 2.08 bits per heavy atom. The maximum absolute atomic E-state index is 14.1. The molecule has 1 aliphatic heterocycles. The number of rotatable bonds is 4. The van der Waals surface area contributed by atoms with Crippen molar-refractivity contribution in [3.8, 4) is 6.07 Å². The van der Waals surface area contributed by atoms with E-state index in [4.69, 9.17) is 5.26 Å². The van der Waals surface area contributed by atoms with Gasteiger partial charge in [-0.3, -0.25) is 0 Å². The van der Waals surface area contributed by atoms with Crippen molar-refractivity contribution >= 4 is 11.8 Å². The van der Waals surface area contributed by atoms with Gasteiger partial charge in [0.05, 0.1) is 5.69 Å². The normalized spacial score (nSPS) is 15.0. The summed E-state index contributed by atoms with van der Waals surface area (Å²) in [5.41, 5.74) is 0.739. The highest BCUT2D eigenvalue weighted by Crippen LogP contribution is 2.24. The second-order valence-electron chi connectivity index (χ2n) is 6.26. The number of hydrogen-bond donors (Lipinski definition) is 0. The van der Waals surface area contributed by atoms with Crippen molar-refractivity contribution < 1.29 is 4.39 Å². The van der Waals surface area contributed by atoms with E-state index in [1.165, 1.54) is 6.33 Å². The second kappa shape index (κ2) is 7.38. The fourth-order valence-electron chi connectivity index (χ4n) is 3.06. The average Bonchev–Trinajstić information content (AvgIpc) is 2.64. The largest absolute Gasteiger partial charge is 0.357 e. The first kappa shape index (κ1) is 17.0. The van der Waals surface area contributed by atoms with Crippen molar-refractivity contribution in [2.24, 2.45) is 5.92 Å². The maximum Gasteiger partial charge on any atom is 0.226 e. The van der Waals surface area contributed by atoms with Gasteiger partial charge in [0.1, 0.15) is 18.1 Å². The third kappa shape index (κ3) is 3.82. The van der Waals surface area contributed by atoms with E-state index in [1.54, 1.807) is 19.2 Å². The van der Waals surface area contributed by atoms with Crippen LogP contribution in [0.1, 0.15) is 24.2 Å². The van der Waals surface area contributed by atoms with Crippen molar-refractivity contribution in [1.82, 2.24) is 19.9 Å². The van der Waals surface area contributed by atoms with Crippen LogP contribution in [0.5, 0.6) is 0 Å². The standard InChI is InChI=1S/C17H20FN7/c1-12-15(18)16(22-11-21-12)24(2)10-13-4-7-25(8-5-13)17-20-6-3-14(9-19)23-17/h3,6,11,13H,4-5,7-8,10H2,1-2H3. The van der Waals surface area contributed by atoms with Gasteiger partial charge in [0.15, 0.2) is 11.6 Å². The summed E-state index contributed by atoms with van der Waals surface area (Å²) in [7, 11) is 1.86. The fourth-order valence-corrected chi connectivity index (χ4v) is 3.06. The van der Waals surface area contributed by atoms with Crippen molar-refractivity contribution in [1.29, 1.82) is 5.26 Å². The number of halogens is 1. The first-order chi connectivity index (χ1) is 12.1. The molecule has 3 rings (SSSR count). The average molecular weight is 341 g/mol. The Morgan fingerprint density at radius 3 is 2.80 bits per heavy atom. The quantitative estimate of drug-likeness (QED) is 0.840. The lowest BCUT2D eigenvalue weighted by Gasteiger charge is -2.34. The Bertz CT molecular complexity index is 781. The van der Waals surface area contributed by atoms with Crippen molar-refractivity contribution in [2.75, 3.05) is 36.5 Å². The SMILES string of the molecule is Cc1ncnc(N(C)CC2CCN(c3nccc(C#N)n3)CC2)c1F. The van der Waals surface area contributed by atoms with E-state index in [9.17, 15) is 4.39 Å². The molecule has 0 unspecified atom stereocenters. The molecular weight excluding hydrogens is 321 g/mol. The van der Waals surface area contributed by atoms with Gasteiger partial charge in [0.2, 0.25) is 5.95 Å². The molecule has 2 aromatic heterocycles. The third-order valence-electron chi connectivity index (χ3n) is 4.49. The van der Waals surface area contributed by atoms with E-state index in [0.717, 1.165) is 32.5 Å². The number of nitrogens with zero attached hydrogens (tertiary/aromatic N) is 7. The summed E-state index contributed by atoms with van der Waals surface area (Å²) < 4.78 is 14.1.